The standard InChI is InChI=1S/C33H48BN3O5/c1-29(2,3)40-28(39)35-16-13-33(14-17-35)25-9-8-22(34-41-30(4,5)31(6,7)42-34)18-26(25)37(27(33)38)24-19-23(20-24)36-15-12-32(21-36)10-11-32/h8-9,18,23-24H,10-17,19-21H2,1-7H3/t23-,24+. The molecule has 0 unspecified atom stereocenters. The molecule has 8 nitrogen and oxygen atoms in total. The number of carbonyl (C=O) groups excluding carboxylic acids is 2. The maximum atomic E-state index is 14.6. The minimum Gasteiger partial charge on any atom is -0.444 e. The lowest BCUT2D eigenvalue weighted by Gasteiger charge is -2.46. The second-order valence-electron chi connectivity index (χ2n) is 16.1. The molecule has 0 bridgehead atoms. The molecule has 2 spiro atoms. The quantitative estimate of drug-likeness (QED) is 0.489. The van der Waals surface area contributed by atoms with Gasteiger partial charge in [0.25, 0.3) is 0 Å². The van der Waals surface area contributed by atoms with Crippen LogP contribution in [0.2, 0.25) is 0 Å². The van der Waals surface area contributed by atoms with E-state index in [1.165, 1.54) is 32.4 Å². The number of piperidine rings is 1. The molecule has 6 aliphatic rings. The maximum Gasteiger partial charge on any atom is 0.494 e. The van der Waals surface area contributed by atoms with E-state index in [-0.39, 0.29) is 18.0 Å². The van der Waals surface area contributed by atoms with Crippen LogP contribution in [-0.4, -0.2) is 84.0 Å². The van der Waals surface area contributed by atoms with Crippen molar-refractivity contribution in [3.63, 3.8) is 0 Å². The largest absolute Gasteiger partial charge is 0.494 e. The monoisotopic (exact) mass is 577 g/mol. The Morgan fingerprint density at radius 2 is 1.57 bits per heavy atom. The van der Waals surface area contributed by atoms with E-state index in [0.717, 1.165) is 29.6 Å². The van der Waals surface area contributed by atoms with Crippen LogP contribution in [0.25, 0.3) is 0 Å². The Morgan fingerprint density at radius 3 is 2.14 bits per heavy atom. The molecule has 1 aromatic carbocycles. The molecular weight excluding hydrogens is 529 g/mol. The average Bonchev–Trinajstić information content (AvgIpc) is 3.37. The Balaban J connectivity index is 1.15. The molecule has 0 atom stereocenters. The van der Waals surface area contributed by atoms with Crippen LogP contribution in [0, 0.1) is 5.41 Å². The summed E-state index contributed by atoms with van der Waals surface area (Å²) in [5, 5.41) is 0. The topological polar surface area (TPSA) is 71.6 Å². The van der Waals surface area contributed by atoms with E-state index in [4.69, 9.17) is 14.0 Å². The van der Waals surface area contributed by atoms with Crippen molar-refractivity contribution in [3.8, 4) is 0 Å². The van der Waals surface area contributed by atoms with Crippen LogP contribution in [0.3, 0.4) is 0 Å². The number of anilines is 1. The van der Waals surface area contributed by atoms with Crippen molar-refractivity contribution in [2.45, 2.75) is 128 Å². The summed E-state index contributed by atoms with van der Waals surface area (Å²) in [6.45, 7) is 17.4. The minimum atomic E-state index is -0.612. The third kappa shape index (κ3) is 4.52. The van der Waals surface area contributed by atoms with Gasteiger partial charge >= 0.3 is 13.2 Å². The number of hydrogen-bond donors (Lipinski definition) is 0. The Labute approximate surface area is 251 Å². The lowest BCUT2D eigenvalue weighted by atomic mass is 9.71. The molecule has 2 saturated carbocycles. The summed E-state index contributed by atoms with van der Waals surface area (Å²) < 4.78 is 18.5. The second kappa shape index (κ2) is 9.21. The van der Waals surface area contributed by atoms with Gasteiger partial charge in [0.2, 0.25) is 5.91 Å². The van der Waals surface area contributed by atoms with Crippen molar-refractivity contribution in [1.82, 2.24) is 9.80 Å². The predicted octanol–water partition coefficient (Wildman–Crippen LogP) is 4.62. The van der Waals surface area contributed by atoms with Crippen molar-refractivity contribution in [3.05, 3.63) is 23.8 Å². The number of ether oxygens (including phenoxy) is 1. The fourth-order valence-corrected chi connectivity index (χ4v) is 7.91. The highest BCUT2D eigenvalue weighted by molar-refractivity contribution is 6.62. The molecule has 0 radical (unpaired) electrons. The number of amides is 2. The van der Waals surface area contributed by atoms with Gasteiger partial charge in [-0.05, 0) is 122 Å². The van der Waals surface area contributed by atoms with Crippen LogP contribution in [-0.2, 0) is 24.3 Å². The molecule has 4 aliphatic heterocycles. The first kappa shape index (κ1) is 28.7. The van der Waals surface area contributed by atoms with Crippen molar-refractivity contribution in [1.29, 1.82) is 0 Å². The van der Waals surface area contributed by atoms with Gasteiger partial charge in [0.15, 0.2) is 0 Å². The molecule has 3 saturated heterocycles. The lowest BCUT2D eigenvalue weighted by Crippen LogP contribution is -2.57. The molecule has 0 N–H and O–H groups in total. The molecule has 7 rings (SSSR count). The van der Waals surface area contributed by atoms with E-state index in [9.17, 15) is 9.59 Å². The fraction of sp³-hybridized carbons (Fsp3) is 0.758. The zero-order chi connectivity index (χ0) is 29.9. The number of benzene rings is 1. The van der Waals surface area contributed by atoms with Gasteiger partial charge < -0.3 is 23.8 Å². The minimum absolute atomic E-state index is 0.203. The molecule has 2 aliphatic carbocycles. The van der Waals surface area contributed by atoms with E-state index in [1.807, 2.05) is 20.8 Å². The van der Waals surface area contributed by atoms with Crippen molar-refractivity contribution in [2.75, 3.05) is 31.1 Å². The summed E-state index contributed by atoms with van der Waals surface area (Å²) in [5.41, 5.74) is 1.66. The summed E-state index contributed by atoms with van der Waals surface area (Å²) in [5.74, 6) is 0.205. The summed E-state index contributed by atoms with van der Waals surface area (Å²) >= 11 is 0. The second-order valence-corrected chi connectivity index (χ2v) is 16.1. The predicted molar refractivity (Wildman–Crippen MR) is 163 cm³/mol. The first-order chi connectivity index (χ1) is 19.6. The Bertz CT molecular complexity index is 1270. The summed E-state index contributed by atoms with van der Waals surface area (Å²) in [4.78, 5) is 34.0. The Morgan fingerprint density at radius 1 is 0.929 bits per heavy atom. The van der Waals surface area contributed by atoms with Crippen LogP contribution >= 0.6 is 0 Å². The summed E-state index contributed by atoms with van der Waals surface area (Å²) in [6.07, 6.45) is 7.10. The number of likely N-dealkylation sites (tertiary alicyclic amines) is 2. The molecular formula is C33H48BN3O5. The molecule has 42 heavy (non-hydrogen) atoms. The third-order valence-electron chi connectivity index (χ3n) is 11.6. The van der Waals surface area contributed by atoms with E-state index in [0.29, 0.717) is 37.4 Å². The van der Waals surface area contributed by atoms with Crippen molar-refractivity contribution < 1.29 is 23.6 Å². The van der Waals surface area contributed by atoms with Gasteiger partial charge in [-0.1, -0.05) is 12.1 Å². The highest BCUT2D eigenvalue weighted by Gasteiger charge is 2.58. The SMILES string of the molecule is CC(C)(C)OC(=O)N1CCC2(CC1)C(=O)N([C@H]1C[C@@H](N3CCC4(CC4)C3)C1)c1cc(B3OC(C)(C)C(C)(C)O3)ccc12. The summed E-state index contributed by atoms with van der Waals surface area (Å²) in [7, 11) is -0.476. The van der Waals surface area contributed by atoms with E-state index in [2.05, 4.69) is 55.7 Å². The van der Waals surface area contributed by atoms with Gasteiger partial charge in [0.05, 0.1) is 16.6 Å². The first-order valence-electron chi connectivity index (χ1n) is 16.2. The van der Waals surface area contributed by atoms with Crippen molar-refractivity contribution >= 4 is 30.3 Å². The van der Waals surface area contributed by atoms with Crippen LogP contribution in [0.4, 0.5) is 10.5 Å². The zero-order valence-electron chi connectivity index (χ0n) is 26.6. The first-order valence-corrected chi connectivity index (χ1v) is 16.2. The van der Waals surface area contributed by atoms with E-state index >= 15 is 0 Å². The van der Waals surface area contributed by atoms with Gasteiger partial charge in [-0.25, -0.2) is 4.79 Å². The van der Waals surface area contributed by atoms with E-state index < -0.39 is 29.3 Å². The van der Waals surface area contributed by atoms with Gasteiger partial charge in [0, 0.05) is 37.4 Å². The number of carbonyl (C=O) groups is 2. The number of fused-ring (bicyclic) bond motifs is 2. The van der Waals surface area contributed by atoms with E-state index in [1.54, 1.807) is 4.90 Å². The van der Waals surface area contributed by atoms with Gasteiger partial charge in [-0.3, -0.25) is 9.69 Å². The van der Waals surface area contributed by atoms with Gasteiger partial charge in [-0.2, -0.15) is 0 Å². The van der Waals surface area contributed by atoms with Crippen LogP contribution in [0.1, 0.15) is 99.0 Å². The fourth-order valence-electron chi connectivity index (χ4n) is 7.91. The third-order valence-corrected chi connectivity index (χ3v) is 11.6. The number of nitrogens with zero attached hydrogens (tertiary/aromatic N) is 3. The zero-order valence-corrected chi connectivity index (χ0v) is 26.6. The average molecular weight is 578 g/mol. The van der Waals surface area contributed by atoms with Crippen LogP contribution in [0.5, 0.6) is 0 Å². The normalized spacial score (nSPS) is 30.6. The Kier molecular flexibility index (Phi) is 6.29. The number of hydrogen-bond acceptors (Lipinski definition) is 6. The number of rotatable bonds is 3. The molecule has 1 aromatic rings. The molecule has 0 aromatic heterocycles. The van der Waals surface area contributed by atoms with Crippen LogP contribution < -0.4 is 10.4 Å². The molecule has 2 amide bonds. The van der Waals surface area contributed by atoms with Crippen LogP contribution in [0.15, 0.2) is 18.2 Å². The van der Waals surface area contributed by atoms with Gasteiger partial charge in [0.1, 0.15) is 5.60 Å². The maximum absolute atomic E-state index is 14.6. The Hall–Kier alpha value is -2.10. The summed E-state index contributed by atoms with van der Waals surface area (Å²) in [6, 6.07) is 7.16. The van der Waals surface area contributed by atoms with Gasteiger partial charge in [-0.15, -0.1) is 0 Å². The molecule has 228 valence electrons. The molecule has 5 fully saturated rings. The molecule has 9 heteroatoms. The highest BCUT2D eigenvalue weighted by Crippen LogP contribution is 2.55. The molecule has 4 heterocycles. The lowest BCUT2D eigenvalue weighted by molar-refractivity contribution is -0.126. The highest BCUT2D eigenvalue weighted by atomic mass is 16.7. The van der Waals surface area contributed by atoms with Crippen molar-refractivity contribution in [2.24, 2.45) is 5.41 Å². The smallest absolute Gasteiger partial charge is 0.444 e.